The second-order valence-electron chi connectivity index (χ2n) is 9.99. The third-order valence-electron chi connectivity index (χ3n) is 7.35. The maximum atomic E-state index is 13.8. The lowest BCUT2D eigenvalue weighted by molar-refractivity contribution is -0.137. The van der Waals surface area contributed by atoms with Gasteiger partial charge in [0.2, 0.25) is 11.7 Å². The summed E-state index contributed by atoms with van der Waals surface area (Å²) < 4.78 is 42.0. The van der Waals surface area contributed by atoms with Gasteiger partial charge in [0.05, 0.1) is 34.0 Å². The van der Waals surface area contributed by atoms with Crippen molar-refractivity contribution in [2.75, 3.05) is 36.4 Å². The van der Waals surface area contributed by atoms with Gasteiger partial charge in [0.15, 0.2) is 5.82 Å². The lowest BCUT2D eigenvalue weighted by Crippen LogP contribution is -2.47. The molecule has 2 aliphatic rings. The number of halogens is 4. The van der Waals surface area contributed by atoms with Crippen LogP contribution in [0.3, 0.4) is 0 Å². The van der Waals surface area contributed by atoms with Crippen LogP contribution in [0.25, 0.3) is 11.4 Å². The van der Waals surface area contributed by atoms with Gasteiger partial charge in [0.1, 0.15) is 12.2 Å². The molecule has 216 valence electrons. The van der Waals surface area contributed by atoms with Crippen molar-refractivity contribution in [3.05, 3.63) is 56.7 Å². The Balaban J connectivity index is 1.56. The Morgan fingerprint density at radius 1 is 1.29 bits per heavy atom. The summed E-state index contributed by atoms with van der Waals surface area (Å²) in [6, 6.07) is 4.98. The number of nitriles is 1. The largest absolute Gasteiger partial charge is 0.416 e. The molecule has 1 aromatic carbocycles. The minimum Gasteiger partial charge on any atom is -0.363 e. The quantitative estimate of drug-likeness (QED) is 0.448. The number of nitrogens with zero attached hydrogens (tertiary/aromatic N) is 6. The molecule has 2 aromatic heterocycles. The second-order valence-corrected chi connectivity index (χ2v) is 10.4. The van der Waals surface area contributed by atoms with Gasteiger partial charge in [-0.2, -0.15) is 27.9 Å². The highest BCUT2D eigenvalue weighted by atomic mass is 35.5. The Morgan fingerprint density at radius 2 is 2.05 bits per heavy atom. The van der Waals surface area contributed by atoms with Crippen LogP contribution in [0, 0.1) is 17.2 Å². The molecule has 1 fully saturated rings. The molecule has 0 spiro atoms. The third-order valence-corrected chi connectivity index (χ3v) is 7.66. The lowest BCUT2D eigenvalue weighted by Gasteiger charge is -2.31. The average Bonchev–Trinajstić information content (AvgIpc) is 3.41. The van der Waals surface area contributed by atoms with Crippen LogP contribution in [-0.4, -0.2) is 51.3 Å². The van der Waals surface area contributed by atoms with Crippen molar-refractivity contribution in [3.63, 3.8) is 0 Å². The molecule has 2 N–H and O–H groups in total. The number of carbonyl (C=O) groups is 1. The molecule has 1 amide bonds. The molecule has 1 aliphatic heterocycles. The Bertz CT molecular complexity index is 1620. The molecule has 1 atom stereocenters. The van der Waals surface area contributed by atoms with Gasteiger partial charge in [0.25, 0.3) is 5.56 Å². The first kappa shape index (κ1) is 28.6. The molecule has 3 heterocycles. The van der Waals surface area contributed by atoms with Gasteiger partial charge >= 0.3 is 6.18 Å². The Labute approximate surface area is 238 Å². The van der Waals surface area contributed by atoms with Crippen LogP contribution in [0.1, 0.15) is 43.3 Å². The number of allylic oxidation sites excluding steroid dienone is 2. The zero-order valence-electron chi connectivity index (χ0n) is 22.3. The molecule has 1 saturated heterocycles. The SMILES string of the molecule is CCc1c(N2CCNCC2)c(=O)n2nc(C3=CCC(C#N)CC3)nc2n1CC(=O)Nc1ccc(C(F)(F)F)cc1Cl. The summed E-state index contributed by atoms with van der Waals surface area (Å²) in [5.74, 6) is -0.102. The summed E-state index contributed by atoms with van der Waals surface area (Å²) in [7, 11) is 0. The Morgan fingerprint density at radius 3 is 2.66 bits per heavy atom. The van der Waals surface area contributed by atoms with E-state index in [0.717, 1.165) is 23.8 Å². The van der Waals surface area contributed by atoms with E-state index in [9.17, 15) is 28.0 Å². The monoisotopic (exact) mass is 588 g/mol. The van der Waals surface area contributed by atoms with Gasteiger partial charge in [-0.15, -0.1) is 5.10 Å². The van der Waals surface area contributed by atoms with Gasteiger partial charge in [-0.25, -0.2) is 0 Å². The average molecular weight is 589 g/mol. The fourth-order valence-electron chi connectivity index (χ4n) is 5.23. The Hall–Kier alpha value is -3.89. The van der Waals surface area contributed by atoms with Crippen molar-refractivity contribution in [1.29, 1.82) is 5.26 Å². The van der Waals surface area contributed by atoms with Gasteiger partial charge in [-0.3, -0.25) is 9.59 Å². The molecule has 0 saturated carbocycles. The number of anilines is 2. The summed E-state index contributed by atoms with van der Waals surface area (Å²) in [6.45, 7) is 4.14. The molecular weight excluding hydrogens is 561 g/mol. The zero-order valence-corrected chi connectivity index (χ0v) is 23.0. The molecule has 0 radical (unpaired) electrons. The first-order valence-electron chi connectivity index (χ1n) is 13.3. The van der Waals surface area contributed by atoms with E-state index in [4.69, 9.17) is 11.6 Å². The van der Waals surface area contributed by atoms with E-state index in [1.807, 2.05) is 17.9 Å². The summed E-state index contributed by atoms with van der Waals surface area (Å²) in [4.78, 5) is 33.7. The molecule has 14 heteroatoms. The second kappa shape index (κ2) is 11.5. The number of amides is 1. The minimum atomic E-state index is -4.57. The smallest absolute Gasteiger partial charge is 0.363 e. The molecule has 1 aliphatic carbocycles. The summed E-state index contributed by atoms with van der Waals surface area (Å²) in [6.07, 6.45) is -0.439. The van der Waals surface area contributed by atoms with Gasteiger partial charge in [0, 0.05) is 26.2 Å². The van der Waals surface area contributed by atoms with Gasteiger partial charge in [-0.1, -0.05) is 24.6 Å². The first-order chi connectivity index (χ1) is 19.6. The number of carbonyl (C=O) groups excluding carboxylic acids is 1. The number of nitrogens with one attached hydrogen (secondary N) is 2. The topological polar surface area (TPSA) is 120 Å². The van der Waals surface area contributed by atoms with Crippen molar-refractivity contribution in [2.45, 2.75) is 45.3 Å². The third kappa shape index (κ3) is 5.80. The van der Waals surface area contributed by atoms with E-state index >= 15 is 0 Å². The number of hydrogen-bond donors (Lipinski definition) is 2. The molecule has 1 unspecified atom stereocenters. The van der Waals surface area contributed by atoms with Crippen LogP contribution in [0.4, 0.5) is 24.5 Å². The van der Waals surface area contributed by atoms with Crippen molar-refractivity contribution in [1.82, 2.24) is 24.5 Å². The van der Waals surface area contributed by atoms with Crippen molar-refractivity contribution >= 4 is 40.2 Å². The highest BCUT2D eigenvalue weighted by molar-refractivity contribution is 6.33. The number of benzene rings is 1. The molecular formula is C27H28ClF3N8O2. The Kier molecular flexibility index (Phi) is 8.06. The van der Waals surface area contributed by atoms with E-state index in [-0.39, 0.29) is 34.5 Å². The van der Waals surface area contributed by atoms with Crippen LogP contribution in [-0.2, 0) is 23.9 Å². The lowest BCUT2D eigenvalue weighted by atomic mass is 9.90. The number of hydrogen-bond acceptors (Lipinski definition) is 7. The maximum Gasteiger partial charge on any atom is 0.416 e. The summed E-state index contributed by atoms with van der Waals surface area (Å²) >= 11 is 6.07. The summed E-state index contributed by atoms with van der Waals surface area (Å²) in [5.41, 5.74) is 0.620. The number of alkyl halides is 3. The fourth-order valence-corrected chi connectivity index (χ4v) is 5.46. The molecule has 3 aromatic rings. The molecule has 5 rings (SSSR count). The van der Waals surface area contributed by atoms with Gasteiger partial charge < -0.3 is 20.1 Å². The number of piperazine rings is 1. The highest BCUT2D eigenvalue weighted by Crippen LogP contribution is 2.34. The van der Waals surface area contributed by atoms with Crippen LogP contribution in [0.5, 0.6) is 0 Å². The molecule has 10 nitrogen and oxygen atoms in total. The van der Waals surface area contributed by atoms with Gasteiger partial charge in [-0.05, 0) is 49.5 Å². The van der Waals surface area contributed by atoms with Crippen LogP contribution in [0.2, 0.25) is 5.02 Å². The predicted molar refractivity (Wildman–Crippen MR) is 148 cm³/mol. The van der Waals surface area contributed by atoms with Crippen molar-refractivity contribution in [2.24, 2.45) is 5.92 Å². The number of fused-ring (bicyclic) bond motifs is 1. The normalized spacial score (nSPS) is 17.8. The van der Waals surface area contributed by atoms with Crippen LogP contribution >= 0.6 is 11.6 Å². The number of rotatable bonds is 6. The van der Waals surface area contributed by atoms with E-state index < -0.39 is 17.6 Å². The summed E-state index contributed by atoms with van der Waals surface area (Å²) in [5, 5.41) is 19.4. The predicted octanol–water partition coefficient (Wildman–Crippen LogP) is 3.88. The maximum absolute atomic E-state index is 13.8. The highest BCUT2D eigenvalue weighted by Gasteiger charge is 2.31. The number of aromatic nitrogens is 4. The minimum absolute atomic E-state index is 0.0312. The zero-order chi connectivity index (χ0) is 29.3. The molecule has 0 bridgehead atoms. The van der Waals surface area contributed by atoms with Crippen LogP contribution in [0.15, 0.2) is 29.1 Å². The van der Waals surface area contributed by atoms with Crippen LogP contribution < -0.4 is 21.1 Å². The molecule has 41 heavy (non-hydrogen) atoms. The van der Waals surface area contributed by atoms with Crippen molar-refractivity contribution in [3.8, 4) is 6.07 Å². The van der Waals surface area contributed by atoms with E-state index in [0.29, 0.717) is 69.1 Å². The standard InChI is InChI=1S/C27H28ClF3N8O2/c1-2-21-23(37-11-9-33-10-12-37)25(41)39-26(35-24(36-39)17-5-3-16(14-32)4-6-17)38(21)15-22(40)34-20-8-7-18(13-19(20)28)27(29,30)31/h5,7-8,13,16,33H,2-4,6,9-12,15H2,1H3,(H,34,40). The first-order valence-corrected chi connectivity index (χ1v) is 13.7. The van der Waals surface area contributed by atoms with E-state index in [2.05, 4.69) is 26.8 Å². The van der Waals surface area contributed by atoms with Crippen molar-refractivity contribution < 1.29 is 18.0 Å². The van der Waals surface area contributed by atoms with E-state index in [1.165, 1.54) is 4.52 Å². The van der Waals surface area contributed by atoms with E-state index in [1.54, 1.807) is 4.57 Å². The fraction of sp³-hybridized carbons (Fsp3) is 0.444.